The van der Waals surface area contributed by atoms with E-state index in [1.54, 1.807) is 12.1 Å². The van der Waals surface area contributed by atoms with Gasteiger partial charge in [-0.25, -0.2) is 0 Å². The maximum absolute atomic E-state index is 12.6. The van der Waals surface area contributed by atoms with Gasteiger partial charge < -0.3 is 14.8 Å². The van der Waals surface area contributed by atoms with Crippen LogP contribution < -0.4 is 14.8 Å². The molecule has 3 rings (SSSR count). The molecule has 0 saturated heterocycles. The molecule has 1 aromatic carbocycles. The quantitative estimate of drug-likeness (QED) is 0.738. The molecule has 27 heavy (non-hydrogen) atoms. The predicted octanol–water partition coefficient (Wildman–Crippen LogP) is 4.80. The summed E-state index contributed by atoms with van der Waals surface area (Å²) < 4.78 is 35.0. The highest BCUT2D eigenvalue weighted by Gasteiger charge is 2.37. The number of alkyl halides is 2. The summed E-state index contributed by atoms with van der Waals surface area (Å²) in [6, 6.07) is 5.16. The molecule has 2 aliphatic carbocycles. The van der Waals surface area contributed by atoms with Crippen molar-refractivity contribution in [2.45, 2.75) is 69.8 Å². The Labute approximate surface area is 159 Å². The molecule has 0 spiro atoms. The second-order valence-electron chi connectivity index (χ2n) is 7.78. The molecule has 0 aliphatic heterocycles. The van der Waals surface area contributed by atoms with Crippen molar-refractivity contribution in [2.24, 2.45) is 5.92 Å². The normalized spacial score (nSPS) is 19.9. The number of amides is 1. The lowest BCUT2D eigenvalue weighted by molar-refractivity contribution is -0.126. The van der Waals surface area contributed by atoms with Crippen molar-refractivity contribution in [3.05, 3.63) is 23.8 Å². The zero-order valence-corrected chi connectivity index (χ0v) is 15.9. The van der Waals surface area contributed by atoms with E-state index in [1.165, 1.54) is 13.5 Å². The molecular weight excluding hydrogens is 352 g/mol. The number of rotatable bonds is 7. The van der Waals surface area contributed by atoms with Crippen LogP contribution in [-0.4, -0.2) is 26.2 Å². The van der Waals surface area contributed by atoms with Crippen LogP contribution in [0.2, 0.25) is 0 Å². The summed E-state index contributed by atoms with van der Waals surface area (Å²) in [6.45, 7) is -2.31. The van der Waals surface area contributed by atoms with E-state index in [9.17, 15) is 13.6 Å². The minimum atomic E-state index is -2.89. The molecule has 4 nitrogen and oxygen atoms in total. The van der Waals surface area contributed by atoms with Crippen molar-refractivity contribution in [1.29, 1.82) is 0 Å². The maximum Gasteiger partial charge on any atom is 0.387 e. The smallest absolute Gasteiger partial charge is 0.387 e. The van der Waals surface area contributed by atoms with Crippen molar-refractivity contribution in [3.63, 3.8) is 0 Å². The van der Waals surface area contributed by atoms with Crippen LogP contribution >= 0.6 is 0 Å². The third-order valence-electron chi connectivity index (χ3n) is 6.13. The van der Waals surface area contributed by atoms with Gasteiger partial charge in [-0.1, -0.05) is 38.2 Å². The second kappa shape index (κ2) is 8.89. The zero-order chi connectivity index (χ0) is 19.3. The highest BCUT2D eigenvalue weighted by molar-refractivity contribution is 5.78. The number of benzene rings is 1. The van der Waals surface area contributed by atoms with Gasteiger partial charge >= 0.3 is 6.61 Å². The van der Waals surface area contributed by atoms with Crippen molar-refractivity contribution >= 4 is 5.91 Å². The summed E-state index contributed by atoms with van der Waals surface area (Å²) in [5.74, 6) is 0.632. The Morgan fingerprint density at radius 3 is 2.48 bits per heavy atom. The van der Waals surface area contributed by atoms with Crippen molar-refractivity contribution < 1.29 is 23.0 Å². The summed E-state index contributed by atoms with van der Waals surface area (Å²) >= 11 is 0. The SMILES string of the molecule is COc1cc(C2(CNC(=O)C3CCCCC3)CCCC2)ccc1OC(F)F. The van der Waals surface area contributed by atoms with E-state index in [0.717, 1.165) is 56.9 Å². The fourth-order valence-electron chi connectivity index (χ4n) is 4.58. The Morgan fingerprint density at radius 1 is 1.15 bits per heavy atom. The average Bonchev–Trinajstić information content (AvgIpc) is 3.17. The molecule has 0 aromatic heterocycles. The van der Waals surface area contributed by atoms with Crippen molar-refractivity contribution in [2.75, 3.05) is 13.7 Å². The van der Waals surface area contributed by atoms with Crippen LogP contribution in [0, 0.1) is 5.92 Å². The van der Waals surface area contributed by atoms with Gasteiger partial charge in [-0.05, 0) is 43.4 Å². The first kappa shape index (κ1) is 19.9. The molecule has 1 amide bonds. The third-order valence-corrected chi connectivity index (χ3v) is 6.13. The molecular formula is C21H29F2NO3. The Hall–Kier alpha value is -1.85. The first-order valence-electron chi connectivity index (χ1n) is 9.95. The van der Waals surface area contributed by atoms with Crippen LogP contribution in [0.1, 0.15) is 63.4 Å². The van der Waals surface area contributed by atoms with Crippen molar-refractivity contribution in [1.82, 2.24) is 5.32 Å². The molecule has 0 unspecified atom stereocenters. The predicted molar refractivity (Wildman–Crippen MR) is 99.4 cm³/mol. The van der Waals surface area contributed by atoms with Gasteiger partial charge in [0, 0.05) is 17.9 Å². The summed E-state index contributed by atoms with van der Waals surface area (Å²) in [5, 5.41) is 3.19. The van der Waals surface area contributed by atoms with Gasteiger partial charge in [0.2, 0.25) is 5.91 Å². The van der Waals surface area contributed by atoms with Crippen LogP contribution in [0.25, 0.3) is 0 Å². The van der Waals surface area contributed by atoms with Gasteiger partial charge in [0.1, 0.15) is 0 Å². The topological polar surface area (TPSA) is 47.6 Å². The fourth-order valence-corrected chi connectivity index (χ4v) is 4.58. The molecule has 1 N–H and O–H groups in total. The van der Waals surface area contributed by atoms with E-state index in [2.05, 4.69) is 10.1 Å². The van der Waals surface area contributed by atoms with E-state index >= 15 is 0 Å². The number of methoxy groups -OCH3 is 1. The van der Waals surface area contributed by atoms with Crippen molar-refractivity contribution in [3.8, 4) is 11.5 Å². The maximum atomic E-state index is 12.6. The molecule has 2 aliphatic rings. The van der Waals surface area contributed by atoms with Gasteiger partial charge in [-0.2, -0.15) is 8.78 Å². The lowest BCUT2D eigenvalue weighted by Gasteiger charge is -2.32. The molecule has 0 radical (unpaired) electrons. The lowest BCUT2D eigenvalue weighted by atomic mass is 9.78. The third kappa shape index (κ3) is 4.71. The van der Waals surface area contributed by atoms with Gasteiger partial charge in [0.15, 0.2) is 11.5 Å². The number of carbonyl (C=O) groups excluding carboxylic acids is 1. The van der Waals surface area contributed by atoms with E-state index in [4.69, 9.17) is 4.74 Å². The van der Waals surface area contributed by atoms with E-state index < -0.39 is 6.61 Å². The van der Waals surface area contributed by atoms with Gasteiger partial charge in [-0.15, -0.1) is 0 Å². The van der Waals surface area contributed by atoms with E-state index in [0.29, 0.717) is 12.3 Å². The highest BCUT2D eigenvalue weighted by atomic mass is 19.3. The average molecular weight is 381 g/mol. The number of ether oxygens (including phenoxy) is 2. The minimum Gasteiger partial charge on any atom is -0.493 e. The minimum absolute atomic E-state index is 0.0376. The molecule has 6 heteroatoms. The lowest BCUT2D eigenvalue weighted by Crippen LogP contribution is -2.41. The van der Waals surface area contributed by atoms with Crippen LogP contribution in [-0.2, 0) is 10.2 Å². The number of nitrogens with one attached hydrogen (secondary N) is 1. The van der Waals surface area contributed by atoms with Gasteiger partial charge in [-0.3, -0.25) is 4.79 Å². The first-order valence-corrected chi connectivity index (χ1v) is 9.95. The summed E-state index contributed by atoms with van der Waals surface area (Å²) in [4.78, 5) is 12.6. The molecule has 0 bridgehead atoms. The van der Waals surface area contributed by atoms with E-state index in [-0.39, 0.29) is 23.0 Å². The van der Waals surface area contributed by atoms with Crippen LogP contribution in [0.5, 0.6) is 11.5 Å². The highest BCUT2D eigenvalue weighted by Crippen LogP contribution is 2.43. The summed E-state index contributed by atoms with van der Waals surface area (Å²) in [7, 11) is 1.45. The summed E-state index contributed by atoms with van der Waals surface area (Å²) in [5.41, 5.74) is 0.850. The molecule has 0 atom stereocenters. The largest absolute Gasteiger partial charge is 0.493 e. The van der Waals surface area contributed by atoms with E-state index in [1.807, 2.05) is 6.07 Å². The number of halogens is 2. The molecule has 1 aromatic rings. The molecule has 150 valence electrons. The number of carbonyl (C=O) groups is 1. The molecule has 0 heterocycles. The Kier molecular flexibility index (Phi) is 6.55. The second-order valence-corrected chi connectivity index (χ2v) is 7.78. The van der Waals surface area contributed by atoms with Gasteiger partial charge in [0.05, 0.1) is 7.11 Å². The Bertz CT molecular complexity index is 638. The van der Waals surface area contributed by atoms with Crippen LogP contribution in [0.3, 0.4) is 0 Å². The molecule has 2 saturated carbocycles. The summed E-state index contributed by atoms with van der Waals surface area (Å²) in [6.07, 6.45) is 9.57. The Morgan fingerprint density at radius 2 is 1.85 bits per heavy atom. The number of hydrogen-bond donors (Lipinski definition) is 1. The zero-order valence-electron chi connectivity index (χ0n) is 15.9. The fraction of sp³-hybridized carbons (Fsp3) is 0.667. The van der Waals surface area contributed by atoms with Crippen LogP contribution in [0.4, 0.5) is 8.78 Å². The number of hydrogen-bond acceptors (Lipinski definition) is 3. The molecule has 2 fully saturated rings. The Balaban J connectivity index is 1.74. The van der Waals surface area contributed by atoms with Crippen LogP contribution in [0.15, 0.2) is 18.2 Å². The monoisotopic (exact) mass is 381 g/mol. The van der Waals surface area contributed by atoms with Gasteiger partial charge in [0.25, 0.3) is 0 Å². The first-order chi connectivity index (χ1) is 13.0. The standard InChI is InChI=1S/C21H29F2NO3/c1-26-18-13-16(9-10-17(18)27-20(22)23)21(11-5-6-12-21)14-24-19(25)15-7-3-2-4-8-15/h9-10,13,15,20H,2-8,11-12,14H2,1H3,(H,24,25).